The maximum atomic E-state index is 13.3. The van der Waals surface area contributed by atoms with Gasteiger partial charge in [0, 0.05) is 10.8 Å². The maximum absolute atomic E-state index is 13.3. The average molecular weight is 462 g/mol. The molecular weight excluding hydrogens is 426 g/mol. The summed E-state index contributed by atoms with van der Waals surface area (Å²) in [5.74, 6) is 0.00951. The molecule has 1 aromatic heterocycles. The summed E-state index contributed by atoms with van der Waals surface area (Å²) in [6, 6.07) is -0.871. The highest BCUT2D eigenvalue weighted by Gasteiger charge is 2.36. The highest BCUT2D eigenvalue weighted by atomic mass is 32.1. The Kier molecular flexibility index (Phi) is 7.84. The predicted molar refractivity (Wildman–Crippen MR) is 125 cm³/mol. The van der Waals surface area contributed by atoms with Gasteiger partial charge in [0.05, 0.1) is 18.2 Å². The summed E-state index contributed by atoms with van der Waals surface area (Å²) in [4.78, 5) is 40.3. The van der Waals surface area contributed by atoms with E-state index in [1.165, 1.54) is 11.3 Å². The summed E-state index contributed by atoms with van der Waals surface area (Å²) in [6.45, 7) is 3.82. The van der Waals surface area contributed by atoms with Crippen LogP contribution in [0.3, 0.4) is 0 Å². The first-order valence-electron chi connectivity index (χ1n) is 12.2. The number of amides is 2. The number of carbonyl (C=O) groups is 3. The third-order valence-electron chi connectivity index (χ3n) is 7.08. The number of thiophene rings is 1. The third-order valence-corrected chi connectivity index (χ3v) is 8.29. The van der Waals surface area contributed by atoms with E-state index >= 15 is 0 Å². The number of nitrogens with one attached hydrogen (secondary N) is 3. The molecule has 0 bridgehead atoms. The first-order chi connectivity index (χ1) is 15.6. The number of hydrogen-bond donors (Lipinski definition) is 3. The molecule has 4 rings (SSSR count). The summed E-state index contributed by atoms with van der Waals surface area (Å²) in [5.41, 5.74) is 1.52. The van der Waals surface area contributed by atoms with Crippen molar-refractivity contribution in [2.75, 3.05) is 25.0 Å². The molecule has 1 saturated carbocycles. The van der Waals surface area contributed by atoms with Crippen LogP contribution in [0.4, 0.5) is 9.80 Å². The molecule has 0 radical (unpaired) electrons. The van der Waals surface area contributed by atoms with Crippen molar-refractivity contribution in [2.24, 2.45) is 11.8 Å². The van der Waals surface area contributed by atoms with Crippen molar-refractivity contribution in [3.05, 3.63) is 16.0 Å². The van der Waals surface area contributed by atoms with Gasteiger partial charge in [-0.25, -0.2) is 9.59 Å². The Labute approximate surface area is 194 Å². The normalized spacial score (nSPS) is 20.4. The lowest BCUT2D eigenvalue weighted by Crippen LogP contribution is -2.51. The van der Waals surface area contributed by atoms with Gasteiger partial charge in [-0.15, -0.1) is 11.3 Å². The molecule has 0 spiro atoms. The smallest absolute Gasteiger partial charge is 0.341 e. The lowest BCUT2D eigenvalue weighted by molar-refractivity contribution is -0.126. The predicted octanol–water partition coefficient (Wildman–Crippen LogP) is 4.05. The van der Waals surface area contributed by atoms with Crippen molar-refractivity contribution < 1.29 is 19.1 Å². The van der Waals surface area contributed by atoms with Crippen LogP contribution in [-0.4, -0.2) is 43.5 Å². The number of fused-ring (bicyclic) bond motifs is 1. The average Bonchev–Trinajstić information content (AvgIpc) is 3.46. The van der Waals surface area contributed by atoms with E-state index in [4.69, 9.17) is 4.74 Å². The monoisotopic (exact) mass is 461 g/mol. The summed E-state index contributed by atoms with van der Waals surface area (Å²) < 4.78 is 5.29. The SMILES string of the molecule is CCOC(=O)c1c(NC(=O)NC(C(=O)C2CCCC2)C2CCNCC2)sc2c1CCCC2. The Morgan fingerprint density at radius 2 is 1.78 bits per heavy atom. The Balaban J connectivity index is 1.52. The van der Waals surface area contributed by atoms with Crippen LogP contribution in [0, 0.1) is 11.8 Å². The molecule has 7 nitrogen and oxygen atoms in total. The number of rotatable bonds is 7. The molecular formula is C24H35N3O4S. The second-order valence-electron chi connectivity index (χ2n) is 9.18. The minimum absolute atomic E-state index is 0.0549. The van der Waals surface area contributed by atoms with Gasteiger partial charge in [-0.2, -0.15) is 0 Å². The van der Waals surface area contributed by atoms with E-state index in [0.717, 1.165) is 87.7 Å². The van der Waals surface area contributed by atoms with Gasteiger partial charge in [-0.1, -0.05) is 12.8 Å². The summed E-state index contributed by atoms with van der Waals surface area (Å²) >= 11 is 1.47. The zero-order valence-electron chi connectivity index (χ0n) is 19.0. The van der Waals surface area contributed by atoms with E-state index in [9.17, 15) is 14.4 Å². The summed E-state index contributed by atoms with van der Waals surface area (Å²) in [6.07, 6.45) is 9.67. The number of ether oxygens (including phenoxy) is 1. The van der Waals surface area contributed by atoms with Crippen molar-refractivity contribution in [3.63, 3.8) is 0 Å². The largest absolute Gasteiger partial charge is 0.462 e. The maximum Gasteiger partial charge on any atom is 0.341 e. The van der Waals surface area contributed by atoms with Gasteiger partial charge in [0.1, 0.15) is 5.00 Å². The number of anilines is 1. The summed E-state index contributed by atoms with van der Waals surface area (Å²) in [7, 11) is 0. The van der Waals surface area contributed by atoms with Gasteiger partial charge < -0.3 is 15.4 Å². The topological polar surface area (TPSA) is 96.5 Å². The van der Waals surface area contributed by atoms with Crippen LogP contribution in [0.5, 0.6) is 0 Å². The van der Waals surface area contributed by atoms with Gasteiger partial charge in [0.15, 0.2) is 5.78 Å². The van der Waals surface area contributed by atoms with Crippen LogP contribution >= 0.6 is 11.3 Å². The standard InChI is InChI=1S/C24H35N3O4S/c1-2-31-23(29)19-17-9-5-6-10-18(17)32-22(19)27-24(30)26-20(15-11-13-25-14-12-15)21(28)16-7-3-4-8-16/h15-16,20,25H,2-14H2,1H3,(H2,26,27,30). The molecule has 32 heavy (non-hydrogen) atoms. The van der Waals surface area contributed by atoms with Crippen molar-refractivity contribution in [1.82, 2.24) is 10.6 Å². The molecule has 1 atom stereocenters. The highest BCUT2D eigenvalue weighted by Crippen LogP contribution is 2.38. The Morgan fingerprint density at radius 1 is 1.06 bits per heavy atom. The number of esters is 1. The van der Waals surface area contributed by atoms with Gasteiger partial charge in [-0.05, 0) is 82.9 Å². The van der Waals surface area contributed by atoms with E-state index in [1.54, 1.807) is 6.92 Å². The van der Waals surface area contributed by atoms with Crippen LogP contribution in [0.2, 0.25) is 0 Å². The van der Waals surface area contributed by atoms with Gasteiger partial charge in [0.25, 0.3) is 0 Å². The second kappa shape index (κ2) is 10.8. The van der Waals surface area contributed by atoms with Crippen LogP contribution < -0.4 is 16.0 Å². The number of ketones is 1. The first-order valence-corrected chi connectivity index (χ1v) is 13.0. The van der Waals surface area contributed by atoms with Crippen molar-refractivity contribution in [2.45, 2.75) is 77.2 Å². The van der Waals surface area contributed by atoms with Crippen molar-refractivity contribution in [3.8, 4) is 0 Å². The number of aryl methyl sites for hydroxylation is 1. The molecule has 8 heteroatoms. The Hall–Kier alpha value is -1.93. The van der Waals surface area contributed by atoms with Crippen LogP contribution in [0.15, 0.2) is 0 Å². The molecule has 2 fully saturated rings. The second-order valence-corrected chi connectivity index (χ2v) is 10.3. The molecule has 0 aromatic carbocycles. The quantitative estimate of drug-likeness (QED) is 0.532. The molecule has 1 saturated heterocycles. The fourth-order valence-electron chi connectivity index (χ4n) is 5.42. The number of piperidine rings is 1. The number of Topliss-reactive ketones (excluding diaryl/α,β-unsaturated/α-hetero) is 1. The Morgan fingerprint density at radius 3 is 2.50 bits per heavy atom. The molecule has 2 amide bonds. The third kappa shape index (κ3) is 5.17. The van der Waals surface area contributed by atoms with Gasteiger partial charge >= 0.3 is 12.0 Å². The van der Waals surface area contributed by atoms with Crippen LogP contribution in [0.1, 0.15) is 79.1 Å². The molecule has 2 aliphatic carbocycles. The van der Waals surface area contributed by atoms with Crippen molar-refractivity contribution >= 4 is 34.1 Å². The van der Waals surface area contributed by atoms with E-state index in [1.807, 2.05) is 0 Å². The van der Waals surface area contributed by atoms with Crippen LogP contribution in [0.25, 0.3) is 0 Å². The lowest BCUT2D eigenvalue weighted by atomic mass is 9.83. The fraction of sp³-hybridized carbons (Fsp3) is 0.708. The zero-order chi connectivity index (χ0) is 22.5. The molecule has 3 N–H and O–H groups in total. The lowest BCUT2D eigenvalue weighted by Gasteiger charge is -2.32. The number of urea groups is 1. The molecule has 1 aromatic rings. The first kappa shape index (κ1) is 23.2. The molecule has 176 valence electrons. The molecule has 1 aliphatic heterocycles. The minimum atomic E-state index is -0.471. The molecule has 3 aliphatic rings. The fourth-order valence-corrected chi connectivity index (χ4v) is 6.69. The van der Waals surface area contributed by atoms with E-state index in [2.05, 4.69) is 16.0 Å². The van der Waals surface area contributed by atoms with Crippen LogP contribution in [-0.2, 0) is 22.4 Å². The van der Waals surface area contributed by atoms with Gasteiger partial charge in [-0.3, -0.25) is 10.1 Å². The minimum Gasteiger partial charge on any atom is -0.462 e. The number of carbonyl (C=O) groups excluding carboxylic acids is 3. The van der Waals surface area contributed by atoms with E-state index in [0.29, 0.717) is 17.2 Å². The van der Waals surface area contributed by atoms with E-state index in [-0.39, 0.29) is 23.6 Å². The zero-order valence-corrected chi connectivity index (χ0v) is 19.8. The molecule has 1 unspecified atom stereocenters. The van der Waals surface area contributed by atoms with Crippen molar-refractivity contribution in [1.29, 1.82) is 0 Å². The number of hydrogen-bond acceptors (Lipinski definition) is 6. The Bertz CT molecular complexity index is 841. The van der Waals surface area contributed by atoms with Gasteiger partial charge in [0.2, 0.25) is 0 Å². The molecule has 2 heterocycles. The highest BCUT2D eigenvalue weighted by molar-refractivity contribution is 7.17. The van der Waals surface area contributed by atoms with E-state index < -0.39 is 12.1 Å². The summed E-state index contributed by atoms with van der Waals surface area (Å²) in [5, 5.41) is 9.83.